The molecule has 126 valence electrons. The molecule has 0 aliphatic heterocycles. The van der Waals surface area contributed by atoms with Crippen LogP contribution in [-0.2, 0) is 0 Å². The minimum atomic E-state index is -0.257. The maximum absolute atomic E-state index is 11.9. The van der Waals surface area contributed by atoms with Crippen LogP contribution in [0.25, 0.3) is 0 Å². The summed E-state index contributed by atoms with van der Waals surface area (Å²) in [5.74, 6) is 0.917. The molecule has 0 unspecified atom stereocenters. The second-order valence-corrected chi connectivity index (χ2v) is 5.27. The Bertz CT molecular complexity index is 727. The van der Waals surface area contributed by atoms with Gasteiger partial charge in [-0.25, -0.2) is 4.98 Å². The quantitative estimate of drug-likeness (QED) is 0.871. The van der Waals surface area contributed by atoms with E-state index in [1.807, 2.05) is 20.8 Å². The van der Waals surface area contributed by atoms with Crippen molar-refractivity contribution in [2.24, 2.45) is 0 Å². The average molecular weight is 320 g/mol. The molecule has 2 heterocycles. The molecular formula is C15H24N6O2. The number of carbonyl (C=O) groups is 1. The highest BCUT2D eigenvalue weighted by Crippen LogP contribution is 2.22. The van der Waals surface area contributed by atoms with Gasteiger partial charge in [0.15, 0.2) is 11.5 Å². The standard InChI is InChI=1S/C15H20N6O2.2H2/c1-8(2)10-7-12(20-21-13(10)14(22)16-4)18-11-6-9(3)17-15(19-11)23-5;;/h6-8H,1-5H3,(H,16,22)(H,17,18,19,20);2*1H. The van der Waals surface area contributed by atoms with E-state index in [-0.39, 0.29) is 20.7 Å². The maximum atomic E-state index is 11.9. The Hall–Kier alpha value is -2.77. The molecule has 1 amide bonds. The zero-order chi connectivity index (χ0) is 17.0. The summed E-state index contributed by atoms with van der Waals surface area (Å²) < 4.78 is 5.05. The molecule has 0 atom stereocenters. The van der Waals surface area contributed by atoms with Gasteiger partial charge in [-0.2, -0.15) is 4.98 Å². The highest BCUT2D eigenvalue weighted by Gasteiger charge is 2.16. The Labute approximate surface area is 137 Å². The van der Waals surface area contributed by atoms with E-state index in [4.69, 9.17) is 4.74 Å². The van der Waals surface area contributed by atoms with Crippen molar-refractivity contribution < 1.29 is 12.4 Å². The van der Waals surface area contributed by atoms with Crippen LogP contribution in [0.15, 0.2) is 12.1 Å². The van der Waals surface area contributed by atoms with Crippen molar-refractivity contribution in [3.05, 3.63) is 29.1 Å². The molecular weight excluding hydrogens is 296 g/mol. The molecule has 2 rings (SSSR count). The molecule has 2 aromatic rings. The van der Waals surface area contributed by atoms with Gasteiger partial charge >= 0.3 is 6.01 Å². The third-order valence-electron chi connectivity index (χ3n) is 3.16. The predicted octanol–water partition coefficient (Wildman–Crippen LogP) is 2.30. The summed E-state index contributed by atoms with van der Waals surface area (Å²) in [4.78, 5) is 20.2. The molecule has 0 aliphatic carbocycles. The zero-order valence-electron chi connectivity index (χ0n) is 13.8. The summed E-state index contributed by atoms with van der Waals surface area (Å²) in [6, 6.07) is 3.84. The van der Waals surface area contributed by atoms with Gasteiger partial charge in [0.05, 0.1) is 7.11 Å². The predicted molar refractivity (Wildman–Crippen MR) is 90.3 cm³/mol. The summed E-state index contributed by atoms with van der Waals surface area (Å²) in [5.41, 5.74) is 1.89. The van der Waals surface area contributed by atoms with Crippen molar-refractivity contribution in [2.45, 2.75) is 26.7 Å². The van der Waals surface area contributed by atoms with E-state index in [0.717, 1.165) is 11.3 Å². The van der Waals surface area contributed by atoms with Crippen LogP contribution in [-0.4, -0.2) is 40.2 Å². The first-order valence-corrected chi connectivity index (χ1v) is 7.21. The monoisotopic (exact) mass is 320 g/mol. The number of aromatic nitrogens is 4. The Balaban J connectivity index is 0.00000288. The van der Waals surface area contributed by atoms with Crippen molar-refractivity contribution >= 4 is 17.5 Å². The van der Waals surface area contributed by atoms with Crippen molar-refractivity contribution in [2.75, 3.05) is 19.5 Å². The number of ether oxygens (including phenoxy) is 1. The fraction of sp³-hybridized carbons (Fsp3) is 0.400. The lowest BCUT2D eigenvalue weighted by atomic mass is 10.0. The van der Waals surface area contributed by atoms with Gasteiger partial charge < -0.3 is 15.4 Å². The van der Waals surface area contributed by atoms with E-state index in [9.17, 15) is 4.79 Å². The van der Waals surface area contributed by atoms with Gasteiger partial charge in [0.1, 0.15) is 5.82 Å². The lowest BCUT2D eigenvalue weighted by Gasteiger charge is -2.12. The van der Waals surface area contributed by atoms with E-state index >= 15 is 0 Å². The number of anilines is 2. The minimum Gasteiger partial charge on any atom is -0.467 e. The number of aryl methyl sites for hydroxylation is 1. The third-order valence-corrected chi connectivity index (χ3v) is 3.16. The van der Waals surface area contributed by atoms with Crippen LogP contribution in [0.1, 0.15) is 44.4 Å². The molecule has 0 aliphatic rings. The number of methoxy groups -OCH3 is 1. The summed E-state index contributed by atoms with van der Waals surface area (Å²) in [6.07, 6.45) is 0. The number of amides is 1. The van der Waals surface area contributed by atoms with E-state index in [1.165, 1.54) is 7.11 Å². The number of rotatable bonds is 5. The fourth-order valence-corrected chi connectivity index (χ4v) is 2.03. The molecule has 0 saturated carbocycles. The first-order valence-electron chi connectivity index (χ1n) is 7.21. The molecule has 0 saturated heterocycles. The van der Waals surface area contributed by atoms with Crippen molar-refractivity contribution in [1.29, 1.82) is 0 Å². The molecule has 2 N–H and O–H groups in total. The van der Waals surface area contributed by atoms with Gasteiger partial charge in [-0.1, -0.05) is 13.8 Å². The number of carbonyl (C=O) groups excluding carboxylic acids is 1. The third kappa shape index (κ3) is 3.91. The highest BCUT2D eigenvalue weighted by atomic mass is 16.5. The number of nitrogens with zero attached hydrogens (tertiary/aromatic N) is 4. The number of hydrogen-bond acceptors (Lipinski definition) is 7. The molecule has 0 bridgehead atoms. The second-order valence-electron chi connectivity index (χ2n) is 5.27. The van der Waals surface area contributed by atoms with E-state index in [0.29, 0.717) is 17.3 Å². The van der Waals surface area contributed by atoms with E-state index in [2.05, 4.69) is 30.8 Å². The molecule has 8 nitrogen and oxygen atoms in total. The van der Waals surface area contributed by atoms with Crippen molar-refractivity contribution in [1.82, 2.24) is 25.5 Å². The van der Waals surface area contributed by atoms with E-state index < -0.39 is 0 Å². The molecule has 8 heteroatoms. The molecule has 0 fully saturated rings. The van der Waals surface area contributed by atoms with Crippen LogP contribution in [0.5, 0.6) is 6.01 Å². The van der Waals surface area contributed by atoms with Crippen LogP contribution in [0, 0.1) is 6.92 Å². The van der Waals surface area contributed by atoms with E-state index in [1.54, 1.807) is 19.2 Å². The van der Waals surface area contributed by atoms with Crippen LogP contribution in [0.3, 0.4) is 0 Å². The van der Waals surface area contributed by atoms with Crippen LogP contribution >= 0.6 is 0 Å². The van der Waals surface area contributed by atoms with Crippen LogP contribution < -0.4 is 15.4 Å². The topological polar surface area (TPSA) is 102 Å². The number of nitrogens with one attached hydrogen (secondary N) is 2. The van der Waals surface area contributed by atoms with Crippen LogP contribution in [0.4, 0.5) is 11.6 Å². The molecule has 2 aromatic heterocycles. The highest BCUT2D eigenvalue weighted by molar-refractivity contribution is 5.93. The van der Waals surface area contributed by atoms with Crippen LogP contribution in [0.2, 0.25) is 0 Å². The van der Waals surface area contributed by atoms with Gasteiger partial charge in [0.25, 0.3) is 5.91 Å². The van der Waals surface area contributed by atoms with Gasteiger partial charge in [-0.15, -0.1) is 10.2 Å². The lowest BCUT2D eigenvalue weighted by Crippen LogP contribution is -2.22. The molecule has 0 spiro atoms. The summed E-state index contributed by atoms with van der Waals surface area (Å²) in [5, 5.41) is 13.7. The lowest BCUT2D eigenvalue weighted by molar-refractivity contribution is 0.0955. The van der Waals surface area contributed by atoms with Crippen molar-refractivity contribution in [3.8, 4) is 6.01 Å². The SMILES string of the molecule is CNC(=O)c1nnc(Nc2cc(C)nc(OC)n2)cc1C(C)C.[HH].[HH]. The molecule has 0 aromatic carbocycles. The minimum absolute atomic E-state index is 0. The molecule has 0 radical (unpaired) electrons. The zero-order valence-corrected chi connectivity index (χ0v) is 13.8. The Morgan fingerprint density at radius 1 is 1.22 bits per heavy atom. The van der Waals surface area contributed by atoms with Gasteiger partial charge in [-0.05, 0) is 24.5 Å². The molecule has 23 heavy (non-hydrogen) atoms. The maximum Gasteiger partial charge on any atom is 0.318 e. The fourth-order valence-electron chi connectivity index (χ4n) is 2.03. The summed E-state index contributed by atoms with van der Waals surface area (Å²) >= 11 is 0. The van der Waals surface area contributed by atoms with Crippen molar-refractivity contribution in [3.63, 3.8) is 0 Å². The first-order chi connectivity index (χ1) is 10.9. The summed E-state index contributed by atoms with van der Waals surface area (Å²) in [6.45, 7) is 5.82. The summed E-state index contributed by atoms with van der Waals surface area (Å²) in [7, 11) is 3.07. The Kier molecular flexibility index (Phi) is 5.05. The Morgan fingerprint density at radius 2 is 1.96 bits per heavy atom. The first kappa shape index (κ1) is 16.6. The largest absolute Gasteiger partial charge is 0.467 e. The van der Waals surface area contributed by atoms with Gasteiger partial charge in [-0.3, -0.25) is 4.79 Å². The van der Waals surface area contributed by atoms with Gasteiger partial charge in [0, 0.05) is 21.7 Å². The smallest absolute Gasteiger partial charge is 0.318 e. The average Bonchev–Trinajstić information content (AvgIpc) is 2.53. The Morgan fingerprint density at radius 3 is 2.57 bits per heavy atom. The normalized spacial score (nSPS) is 10.5. The second kappa shape index (κ2) is 6.99. The van der Waals surface area contributed by atoms with Gasteiger partial charge in [0.2, 0.25) is 0 Å². The number of hydrogen-bond donors (Lipinski definition) is 2.